The van der Waals surface area contributed by atoms with E-state index in [1.165, 1.54) is 25.7 Å². The van der Waals surface area contributed by atoms with E-state index in [0.29, 0.717) is 5.41 Å². The van der Waals surface area contributed by atoms with Gasteiger partial charge in [-0.2, -0.15) is 0 Å². The van der Waals surface area contributed by atoms with Crippen LogP contribution in [0.4, 0.5) is 0 Å². The molecule has 15 heavy (non-hydrogen) atoms. The van der Waals surface area contributed by atoms with Gasteiger partial charge in [0.1, 0.15) is 0 Å². The van der Waals surface area contributed by atoms with Gasteiger partial charge in [0.05, 0.1) is 0 Å². The first-order valence-electron chi connectivity index (χ1n) is 6.65. The van der Waals surface area contributed by atoms with E-state index in [-0.39, 0.29) is 0 Å². The molecule has 0 aliphatic heterocycles. The lowest BCUT2D eigenvalue weighted by Crippen LogP contribution is -2.33. The lowest BCUT2D eigenvalue weighted by Gasteiger charge is -2.31. The minimum atomic E-state index is 0.444. The van der Waals surface area contributed by atoms with Crippen molar-refractivity contribution in [2.75, 3.05) is 6.54 Å². The number of hydrogen-bond donors (Lipinski definition) is 1. The normalized spacial score (nSPS) is 16.4. The summed E-state index contributed by atoms with van der Waals surface area (Å²) in [5.74, 6) is 0.790. The summed E-state index contributed by atoms with van der Waals surface area (Å²) in [5, 5.41) is 3.62. The molecule has 2 unspecified atom stereocenters. The Balaban J connectivity index is 4.03. The average Bonchev–Trinajstić information content (AvgIpc) is 2.13. The van der Waals surface area contributed by atoms with E-state index in [0.717, 1.165) is 18.5 Å². The first-order valence-corrected chi connectivity index (χ1v) is 6.65. The highest BCUT2D eigenvalue weighted by molar-refractivity contribution is 4.76. The SMILES string of the molecule is CCCCC(CC(C)C(C)(C)C)NCC. The maximum Gasteiger partial charge on any atom is 0.00696 e. The molecular weight excluding hydrogens is 182 g/mol. The van der Waals surface area contributed by atoms with E-state index >= 15 is 0 Å². The van der Waals surface area contributed by atoms with Gasteiger partial charge in [-0.3, -0.25) is 0 Å². The van der Waals surface area contributed by atoms with Gasteiger partial charge < -0.3 is 5.32 Å². The molecule has 0 saturated carbocycles. The van der Waals surface area contributed by atoms with Crippen LogP contribution in [0.15, 0.2) is 0 Å². The predicted octanol–water partition coefficient (Wildman–Crippen LogP) is 4.23. The molecule has 0 radical (unpaired) electrons. The Bertz CT molecular complexity index is 146. The largest absolute Gasteiger partial charge is 0.314 e. The second kappa shape index (κ2) is 7.27. The van der Waals surface area contributed by atoms with E-state index < -0.39 is 0 Å². The van der Waals surface area contributed by atoms with Gasteiger partial charge in [0.2, 0.25) is 0 Å². The van der Waals surface area contributed by atoms with Crippen molar-refractivity contribution < 1.29 is 0 Å². The maximum atomic E-state index is 3.62. The maximum absolute atomic E-state index is 3.62. The Morgan fingerprint density at radius 1 is 1.13 bits per heavy atom. The van der Waals surface area contributed by atoms with Crippen LogP contribution in [0.25, 0.3) is 0 Å². The second-order valence-electron chi connectivity index (χ2n) is 5.90. The molecule has 92 valence electrons. The molecule has 0 fully saturated rings. The molecule has 0 aromatic rings. The number of hydrogen-bond acceptors (Lipinski definition) is 1. The van der Waals surface area contributed by atoms with Gasteiger partial charge in [0, 0.05) is 6.04 Å². The fourth-order valence-corrected chi connectivity index (χ4v) is 1.82. The molecule has 1 heteroatoms. The quantitative estimate of drug-likeness (QED) is 0.667. The van der Waals surface area contributed by atoms with Crippen LogP contribution in [-0.2, 0) is 0 Å². The molecule has 1 N–H and O–H groups in total. The first-order chi connectivity index (χ1) is 6.91. The summed E-state index contributed by atoms with van der Waals surface area (Å²) in [5.41, 5.74) is 0.444. The van der Waals surface area contributed by atoms with E-state index in [1.807, 2.05) is 0 Å². The van der Waals surface area contributed by atoms with Crippen molar-refractivity contribution in [3.05, 3.63) is 0 Å². The minimum absolute atomic E-state index is 0.444. The predicted molar refractivity (Wildman–Crippen MR) is 70.2 cm³/mol. The summed E-state index contributed by atoms with van der Waals surface area (Å²) >= 11 is 0. The van der Waals surface area contributed by atoms with Crippen LogP contribution in [-0.4, -0.2) is 12.6 Å². The third-order valence-electron chi connectivity index (χ3n) is 3.52. The molecule has 0 aliphatic carbocycles. The third-order valence-corrected chi connectivity index (χ3v) is 3.52. The van der Waals surface area contributed by atoms with Crippen LogP contribution in [0.2, 0.25) is 0 Å². The van der Waals surface area contributed by atoms with E-state index in [9.17, 15) is 0 Å². The molecule has 0 aliphatic rings. The lowest BCUT2D eigenvalue weighted by molar-refractivity contribution is 0.218. The van der Waals surface area contributed by atoms with Crippen molar-refractivity contribution in [2.24, 2.45) is 11.3 Å². The van der Waals surface area contributed by atoms with Crippen molar-refractivity contribution in [3.8, 4) is 0 Å². The van der Waals surface area contributed by atoms with Crippen LogP contribution in [0, 0.1) is 11.3 Å². The monoisotopic (exact) mass is 213 g/mol. The van der Waals surface area contributed by atoms with Crippen molar-refractivity contribution in [1.82, 2.24) is 5.32 Å². The molecule has 0 aromatic carbocycles. The Morgan fingerprint density at radius 2 is 1.73 bits per heavy atom. The van der Waals surface area contributed by atoms with Gasteiger partial charge in [-0.1, -0.05) is 54.4 Å². The van der Waals surface area contributed by atoms with Crippen molar-refractivity contribution >= 4 is 0 Å². The van der Waals surface area contributed by atoms with Crippen LogP contribution in [0.3, 0.4) is 0 Å². The molecule has 0 rings (SSSR count). The summed E-state index contributed by atoms with van der Waals surface area (Å²) in [7, 11) is 0. The molecule has 0 spiro atoms. The standard InChI is InChI=1S/C14H31N/c1-7-9-10-13(15-8-2)11-12(3)14(4,5)6/h12-13,15H,7-11H2,1-6H3. The Kier molecular flexibility index (Phi) is 7.25. The fraction of sp³-hybridized carbons (Fsp3) is 1.00. The molecule has 0 aromatic heterocycles. The molecule has 0 heterocycles. The first kappa shape index (κ1) is 15.0. The molecule has 0 saturated heterocycles. The number of rotatable bonds is 7. The van der Waals surface area contributed by atoms with E-state index in [2.05, 4.69) is 46.9 Å². The summed E-state index contributed by atoms with van der Waals surface area (Å²) in [6.07, 6.45) is 5.32. The van der Waals surface area contributed by atoms with Crippen molar-refractivity contribution in [2.45, 2.75) is 73.3 Å². The van der Waals surface area contributed by atoms with Crippen LogP contribution in [0.1, 0.15) is 67.2 Å². The van der Waals surface area contributed by atoms with Crippen LogP contribution < -0.4 is 5.32 Å². The van der Waals surface area contributed by atoms with Gasteiger partial charge in [-0.25, -0.2) is 0 Å². The van der Waals surface area contributed by atoms with Gasteiger partial charge in [0.15, 0.2) is 0 Å². The molecule has 2 atom stereocenters. The Morgan fingerprint density at radius 3 is 2.13 bits per heavy atom. The van der Waals surface area contributed by atoms with Gasteiger partial charge in [0.25, 0.3) is 0 Å². The van der Waals surface area contributed by atoms with E-state index in [4.69, 9.17) is 0 Å². The highest BCUT2D eigenvalue weighted by atomic mass is 14.9. The average molecular weight is 213 g/mol. The van der Waals surface area contributed by atoms with Crippen molar-refractivity contribution in [3.63, 3.8) is 0 Å². The third kappa shape index (κ3) is 6.94. The number of nitrogens with one attached hydrogen (secondary N) is 1. The molecule has 1 nitrogen and oxygen atoms in total. The van der Waals surface area contributed by atoms with Crippen molar-refractivity contribution in [1.29, 1.82) is 0 Å². The van der Waals surface area contributed by atoms with Gasteiger partial charge in [-0.05, 0) is 30.7 Å². The zero-order valence-electron chi connectivity index (χ0n) is 11.7. The van der Waals surface area contributed by atoms with Crippen LogP contribution >= 0.6 is 0 Å². The summed E-state index contributed by atoms with van der Waals surface area (Å²) in [6.45, 7) is 15.0. The fourth-order valence-electron chi connectivity index (χ4n) is 1.82. The lowest BCUT2D eigenvalue weighted by atomic mass is 9.78. The highest BCUT2D eigenvalue weighted by Gasteiger charge is 2.22. The van der Waals surface area contributed by atoms with Gasteiger partial charge in [-0.15, -0.1) is 0 Å². The Hall–Kier alpha value is -0.0400. The smallest absolute Gasteiger partial charge is 0.00696 e. The Labute approximate surface area is 97.0 Å². The zero-order valence-corrected chi connectivity index (χ0v) is 11.7. The zero-order chi connectivity index (χ0) is 11.9. The summed E-state index contributed by atoms with van der Waals surface area (Å²) < 4.78 is 0. The molecular formula is C14H31N. The summed E-state index contributed by atoms with van der Waals surface area (Å²) in [6, 6.07) is 0.726. The highest BCUT2D eigenvalue weighted by Crippen LogP contribution is 2.29. The number of unbranched alkanes of at least 4 members (excludes halogenated alkanes) is 1. The van der Waals surface area contributed by atoms with Gasteiger partial charge >= 0.3 is 0 Å². The summed E-state index contributed by atoms with van der Waals surface area (Å²) in [4.78, 5) is 0. The molecule has 0 amide bonds. The molecule has 0 bridgehead atoms. The second-order valence-corrected chi connectivity index (χ2v) is 5.90. The topological polar surface area (TPSA) is 12.0 Å². The minimum Gasteiger partial charge on any atom is -0.314 e. The van der Waals surface area contributed by atoms with E-state index in [1.54, 1.807) is 0 Å². The van der Waals surface area contributed by atoms with Crippen LogP contribution in [0.5, 0.6) is 0 Å².